The minimum atomic E-state index is -1.07. The second-order valence-electron chi connectivity index (χ2n) is 6.91. The number of aromatic nitrogens is 1. The van der Waals surface area contributed by atoms with Crippen molar-refractivity contribution in [2.45, 2.75) is 18.9 Å². The number of nitrogens with one attached hydrogen (secondary N) is 1. The first-order valence-electron chi connectivity index (χ1n) is 9.99. The van der Waals surface area contributed by atoms with Crippen LogP contribution in [0.15, 0.2) is 90.2 Å². The third kappa shape index (κ3) is 6.75. The molecule has 0 unspecified atom stereocenters. The van der Waals surface area contributed by atoms with Gasteiger partial charge in [0.2, 0.25) is 0 Å². The van der Waals surface area contributed by atoms with E-state index in [0.717, 1.165) is 5.57 Å². The predicted molar refractivity (Wildman–Crippen MR) is 123 cm³/mol. The van der Waals surface area contributed by atoms with Gasteiger partial charge in [-0.05, 0) is 54.3 Å². The molecule has 0 fully saturated rings. The third-order valence-corrected chi connectivity index (χ3v) is 5.20. The van der Waals surface area contributed by atoms with E-state index in [0.29, 0.717) is 35.9 Å². The maximum atomic E-state index is 12.9. The molecule has 2 aromatic rings. The summed E-state index contributed by atoms with van der Waals surface area (Å²) in [5.74, 6) is 0.637. The van der Waals surface area contributed by atoms with Gasteiger partial charge in [0.1, 0.15) is 23.3 Å². The fraction of sp³-hybridized carbons (Fsp3) is 0.208. The molecule has 2 N–H and O–H groups in total. The summed E-state index contributed by atoms with van der Waals surface area (Å²) in [4.78, 5) is 28.5. The van der Waals surface area contributed by atoms with Crippen LogP contribution in [0, 0.1) is 0 Å². The highest BCUT2D eigenvalue weighted by molar-refractivity contribution is 7.98. The Hall–Kier alpha value is -3.52. The van der Waals surface area contributed by atoms with Gasteiger partial charge in [-0.2, -0.15) is 11.8 Å². The van der Waals surface area contributed by atoms with E-state index < -0.39 is 17.9 Å². The second-order valence-corrected chi connectivity index (χ2v) is 7.89. The number of carbonyl (C=O) groups excluding carboxylic acids is 1. The second kappa shape index (κ2) is 11.8. The Morgan fingerprint density at radius 1 is 1.19 bits per heavy atom. The third-order valence-electron chi connectivity index (χ3n) is 4.55. The summed E-state index contributed by atoms with van der Waals surface area (Å²) in [6, 6.07) is 11.7. The molecule has 0 aliphatic heterocycles. The number of amides is 1. The van der Waals surface area contributed by atoms with Crippen LogP contribution in [0.1, 0.15) is 12.8 Å². The number of aliphatic carboxylic acids is 1. The molecule has 7 nitrogen and oxygen atoms in total. The molecule has 1 aliphatic carbocycles. The van der Waals surface area contributed by atoms with Crippen molar-refractivity contribution < 1.29 is 24.2 Å². The van der Waals surface area contributed by atoms with Gasteiger partial charge >= 0.3 is 5.97 Å². The zero-order chi connectivity index (χ0) is 22.8. The standard InChI is InChI=1S/C24H24N2O5S/c1-32-13-11-21(24(28)29)26-23(27)20-10-9-17(16-30-19-8-5-12-25-15-19)14-22(20)31-18-6-3-2-4-7-18/h2-10,12,15-16,21H,11,13-14H2,1H3,(H,26,27)(H,28,29)/t21-/m0/s1. The van der Waals surface area contributed by atoms with E-state index in [1.54, 1.807) is 55.1 Å². The van der Waals surface area contributed by atoms with Crippen LogP contribution in [0.4, 0.5) is 0 Å². The molecular formula is C24H24N2O5S. The van der Waals surface area contributed by atoms with Crippen LogP contribution in [0.2, 0.25) is 0 Å². The van der Waals surface area contributed by atoms with Gasteiger partial charge in [-0.25, -0.2) is 4.79 Å². The first-order chi connectivity index (χ1) is 15.6. The number of thioether (sulfide) groups is 1. The van der Waals surface area contributed by atoms with Crippen molar-refractivity contribution in [1.82, 2.24) is 10.3 Å². The Balaban J connectivity index is 1.81. The zero-order valence-corrected chi connectivity index (χ0v) is 18.4. The number of hydrogen-bond acceptors (Lipinski definition) is 6. The number of ether oxygens (including phenoxy) is 2. The molecular weight excluding hydrogens is 428 g/mol. The molecule has 1 aliphatic rings. The number of carboxylic acid groups (broad SMARTS) is 1. The summed E-state index contributed by atoms with van der Waals surface area (Å²) >= 11 is 1.53. The van der Waals surface area contributed by atoms with Crippen molar-refractivity contribution in [1.29, 1.82) is 0 Å². The molecule has 0 saturated carbocycles. The van der Waals surface area contributed by atoms with Gasteiger partial charge in [0.15, 0.2) is 0 Å². The SMILES string of the molecule is CSCC[C@H](NC(=O)C1=C(Oc2ccccc2)CC(=COc2cccnc2)C=C1)C(=O)O. The zero-order valence-electron chi connectivity index (χ0n) is 17.6. The molecule has 0 spiro atoms. The van der Waals surface area contributed by atoms with Crippen molar-refractivity contribution in [3.05, 3.63) is 90.2 Å². The minimum Gasteiger partial charge on any atom is -0.480 e. The molecule has 1 atom stereocenters. The number of carboxylic acids is 1. The molecule has 8 heteroatoms. The van der Waals surface area contributed by atoms with Crippen LogP contribution < -0.4 is 14.8 Å². The van der Waals surface area contributed by atoms with E-state index >= 15 is 0 Å². The van der Waals surface area contributed by atoms with Crippen LogP contribution in [-0.4, -0.2) is 40.0 Å². The number of rotatable bonds is 10. The van der Waals surface area contributed by atoms with E-state index in [1.165, 1.54) is 11.8 Å². The lowest BCUT2D eigenvalue weighted by Gasteiger charge is -2.20. The van der Waals surface area contributed by atoms with Gasteiger partial charge in [-0.15, -0.1) is 0 Å². The summed E-state index contributed by atoms with van der Waals surface area (Å²) in [6.45, 7) is 0. The molecule has 1 amide bonds. The van der Waals surface area contributed by atoms with Gasteiger partial charge in [-0.1, -0.05) is 24.3 Å². The van der Waals surface area contributed by atoms with Crippen molar-refractivity contribution in [2.75, 3.05) is 12.0 Å². The van der Waals surface area contributed by atoms with Crippen LogP contribution in [0.25, 0.3) is 0 Å². The van der Waals surface area contributed by atoms with Gasteiger partial charge in [-0.3, -0.25) is 9.78 Å². The van der Waals surface area contributed by atoms with E-state index in [2.05, 4.69) is 10.3 Å². The van der Waals surface area contributed by atoms with Crippen molar-refractivity contribution in [2.24, 2.45) is 0 Å². The Bertz CT molecular complexity index is 1020. The van der Waals surface area contributed by atoms with Crippen LogP contribution in [0.5, 0.6) is 11.5 Å². The van der Waals surface area contributed by atoms with Crippen LogP contribution >= 0.6 is 11.8 Å². The molecule has 1 aromatic carbocycles. The van der Waals surface area contributed by atoms with Gasteiger partial charge in [0.25, 0.3) is 5.91 Å². The monoisotopic (exact) mass is 452 g/mol. The number of carbonyl (C=O) groups is 2. The minimum absolute atomic E-state index is 0.280. The Morgan fingerprint density at radius 2 is 1.97 bits per heavy atom. The fourth-order valence-electron chi connectivity index (χ4n) is 2.92. The predicted octanol–water partition coefficient (Wildman–Crippen LogP) is 3.96. The molecule has 1 heterocycles. The Kier molecular flexibility index (Phi) is 8.51. The summed E-state index contributed by atoms with van der Waals surface area (Å²) in [5, 5.41) is 12.1. The number of nitrogens with zero attached hydrogens (tertiary/aromatic N) is 1. The number of allylic oxidation sites excluding steroid dienone is 2. The highest BCUT2D eigenvalue weighted by Crippen LogP contribution is 2.27. The molecule has 1 aromatic heterocycles. The van der Waals surface area contributed by atoms with Crippen molar-refractivity contribution in [3.63, 3.8) is 0 Å². The average Bonchev–Trinajstić information content (AvgIpc) is 2.81. The normalized spacial score (nSPS) is 15.3. The first kappa shape index (κ1) is 23.1. The van der Waals surface area contributed by atoms with Crippen molar-refractivity contribution in [3.8, 4) is 11.5 Å². The lowest BCUT2D eigenvalue weighted by atomic mass is 10.00. The van der Waals surface area contributed by atoms with Crippen LogP contribution in [0.3, 0.4) is 0 Å². The summed E-state index contributed by atoms with van der Waals surface area (Å²) in [5.41, 5.74) is 1.07. The first-order valence-corrected chi connectivity index (χ1v) is 11.4. The van der Waals surface area contributed by atoms with E-state index in [1.807, 2.05) is 24.5 Å². The average molecular weight is 453 g/mol. The number of para-hydroxylation sites is 1. The molecule has 0 bridgehead atoms. The quantitative estimate of drug-likeness (QED) is 0.527. The molecule has 166 valence electrons. The number of benzene rings is 1. The highest BCUT2D eigenvalue weighted by Gasteiger charge is 2.25. The summed E-state index contributed by atoms with van der Waals surface area (Å²) in [7, 11) is 0. The van der Waals surface area contributed by atoms with E-state index in [4.69, 9.17) is 9.47 Å². The van der Waals surface area contributed by atoms with Crippen LogP contribution in [-0.2, 0) is 9.59 Å². The summed E-state index contributed by atoms with van der Waals surface area (Å²) in [6.07, 6.45) is 10.7. The largest absolute Gasteiger partial charge is 0.480 e. The van der Waals surface area contributed by atoms with Crippen molar-refractivity contribution >= 4 is 23.6 Å². The van der Waals surface area contributed by atoms with E-state index in [-0.39, 0.29) is 5.57 Å². The topological polar surface area (TPSA) is 97.8 Å². The van der Waals surface area contributed by atoms with Gasteiger partial charge < -0.3 is 19.9 Å². The van der Waals surface area contributed by atoms with E-state index in [9.17, 15) is 14.7 Å². The molecule has 0 radical (unpaired) electrons. The Labute approximate surface area is 190 Å². The summed E-state index contributed by atoms with van der Waals surface area (Å²) < 4.78 is 11.6. The smallest absolute Gasteiger partial charge is 0.326 e. The highest BCUT2D eigenvalue weighted by atomic mass is 32.2. The van der Waals surface area contributed by atoms with Gasteiger partial charge in [0.05, 0.1) is 18.0 Å². The molecule has 0 saturated heterocycles. The maximum absolute atomic E-state index is 12.9. The maximum Gasteiger partial charge on any atom is 0.326 e. The molecule has 32 heavy (non-hydrogen) atoms. The van der Waals surface area contributed by atoms with Gasteiger partial charge in [0, 0.05) is 12.6 Å². The fourth-order valence-corrected chi connectivity index (χ4v) is 3.39. The number of pyridine rings is 1. The lowest BCUT2D eigenvalue weighted by Crippen LogP contribution is -2.42. The number of hydrogen-bond donors (Lipinski definition) is 2. The molecule has 3 rings (SSSR count). The lowest BCUT2D eigenvalue weighted by molar-refractivity contribution is -0.141. The Morgan fingerprint density at radius 3 is 2.66 bits per heavy atom.